The van der Waals surface area contributed by atoms with Crippen LogP contribution in [0, 0.1) is 0 Å². The minimum atomic E-state index is -0.680. The molecule has 2 N–H and O–H groups in total. The van der Waals surface area contributed by atoms with Gasteiger partial charge in [-0.1, -0.05) is 54.1 Å². The highest BCUT2D eigenvalue weighted by atomic mass is 35.5. The smallest absolute Gasteiger partial charge is 0.270 e. The lowest BCUT2D eigenvalue weighted by atomic mass is 9.96. The zero-order chi connectivity index (χ0) is 22.2. The number of benzene rings is 3. The van der Waals surface area contributed by atoms with Crippen LogP contribution in [0.1, 0.15) is 17.5 Å². The fourth-order valence-corrected chi connectivity index (χ4v) is 4.30. The van der Waals surface area contributed by atoms with Crippen molar-refractivity contribution in [2.75, 3.05) is 11.9 Å². The molecule has 3 aromatic rings. The number of fused-ring (bicyclic) bond motifs is 2. The molecule has 0 bridgehead atoms. The Labute approximate surface area is 189 Å². The number of hydrogen-bond donors (Lipinski definition) is 2. The van der Waals surface area contributed by atoms with E-state index in [4.69, 9.17) is 16.6 Å². The van der Waals surface area contributed by atoms with Gasteiger partial charge in [0.2, 0.25) is 5.91 Å². The molecular weight excluding hydrogens is 426 g/mol. The molecule has 1 unspecified atom stereocenters. The third kappa shape index (κ3) is 3.90. The molecule has 1 atom stereocenters. The third-order valence-corrected chi connectivity index (χ3v) is 6.01. The summed E-state index contributed by atoms with van der Waals surface area (Å²) < 4.78 is 0. The highest BCUT2D eigenvalue weighted by Crippen LogP contribution is 2.30. The van der Waals surface area contributed by atoms with E-state index in [2.05, 4.69) is 11.4 Å². The first-order chi connectivity index (χ1) is 15.5. The predicted octanol–water partition coefficient (Wildman–Crippen LogP) is 4.39. The van der Waals surface area contributed by atoms with Gasteiger partial charge in [-0.05, 0) is 46.5 Å². The fraction of sp³-hybridized carbons (Fsp3) is 0.160. The molecule has 2 amide bonds. The summed E-state index contributed by atoms with van der Waals surface area (Å²) >= 11 is 6.24. The first kappa shape index (κ1) is 20.4. The van der Waals surface area contributed by atoms with E-state index < -0.39 is 11.9 Å². The normalized spacial score (nSPS) is 18.6. The van der Waals surface area contributed by atoms with Crippen LogP contribution in [0.4, 0.5) is 5.69 Å². The first-order valence-corrected chi connectivity index (χ1v) is 10.7. The number of carbonyl (C=O) groups is 2. The van der Waals surface area contributed by atoms with Gasteiger partial charge in [-0.2, -0.15) is 0 Å². The highest BCUT2D eigenvalue weighted by Gasteiger charge is 2.29. The molecule has 0 aliphatic carbocycles. The predicted molar refractivity (Wildman–Crippen MR) is 124 cm³/mol. The van der Waals surface area contributed by atoms with Crippen molar-refractivity contribution in [3.63, 3.8) is 0 Å². The van der Waals surface area contributed by atoms with Gasteiger partial charge in [0.05, 0.1) is 17.9 Å². The third-order valence-electron chi connectivity index (χ3n) is 5.77. The van der Waals surface area contributed by atoms with Crippen molar-refractivity contribution in [1.82, 2.24) is 5.06 Å². The van der Waals surface area contributed by atoms with E-state index in [1.54, 1.807) is 18.2 Å². The second-order valence-electron chi connectivity index (χ2n) is 7.94. The fourth-order valence-electron chi connectivity index (χ4n) is 4.12. The molecule has 5 rings (SSSR count). The van der Waals surface area contributed by atoms with Gasteiger partial charge in [-0.3, -0.25) is 19.8 Å². The van der Waals surface area contributed by atoms with Crippen LogP contribution in [0.25, 0.3) is 10.8 Å². The molecule has 2 aliphatic heterocycles. The molecule has 3 aromatic carbocycles. The molecule has 7 heteroatoms. The Morgan fingerprint density at radius 1 is 1.06 bits per heavy atom. The van der Waals surface area contributed by atoms with E-state index in [1.165, 1.54) is 6.08 Å². The van der Waals surface area contributed by atoms with Crippen LogP contribution < -0.4 is 5.32 Å². The molecule has 6 nitrogen and oxygen atoms in total. The van der Waals surface area contributed by atoms with Crippen LogP contribution >= 0.6 is 11.6 Å². The SMILES string of the molecule is O=C1Nc2ccc(Cl)cc2C(C2=CC(=O)N(O)CC2)=NC1Cc1ccc2ccccc2c1. The summed E-state index contributed by atoms with van der Waals surface area (Å²) in [6.07, 6.45) is 2.20. The first-order valence-electron chi connectivity index (χ1n) is 10.4. The maximum absolute atomic E-state index is 13.1. The second-order valence-corrected chi connectivity index (χ2v) is 8.38. The Bertz CT molecular complexity index is 1310. The average molecular weight is 446 g/mol. The highest BCUT2D eigenvalue weighted by molar-refractivity contribution is 6.32. The van der Waals surface area contributed by atoms with Crippen molar-refractivity contribution < 1.29 is 14.8 Å². The summed E-state index contributed by atoms with van der Waals surface area (Å²) in [5, 5.41) is 16.0. The van der Waals surface area contributed by atoms with E-state index in [-0.39, 0.29) is 12.5 Å². The maximum atomic E-state index is 13.1. The van der Waals surface area contributed by atoms with Gasteiger partial charge in [-0.25, -0.2) is 5.06 Å². The van der Waals surface area contributed by atoms with Crippen LogP contribution in [-0.4, -0.2) is 40.4 Å². The molecule has 0 fully saturated rings. The van der Waals surface area contributed by atoms with Crippen LogP contribution in [0.3, 0.4) is 0 Å². The number of hydrogen-bond acceptors (Lipinski definition) is 4. The summed E-state index contributed by atoms with van der Waals surface area (Å²) in [6.45, 7) is 0.163. The van der Waals surface area contributed by atoms with Crippen molar-refractivity contribution in [2.45, 2.75) is 18.9 Å². The molecule has 32 heavy (non-hydrogen) atoms. The van der Waals surface area contributed by atoms with Gasteiger partial charge >= 0.3 is 0 Å². The number of amides is 2. The van der Waals surface area contributed by atoms with Gasteiger partial charge in [0.1, 0.15) is 6.04 Å². The lowest BCUT2D eigenvalue weighted by Gasteiger charge is -2.22. The van der Waals surface area contributed by atoms with E-state index in [1.807, 2.05) is 36.4 Å². The number of rotatable bonds is 3. The average Bonchev–Trinajstić information content (AvgIpc) is 2.92. The minimum absolute atomic E-state index is 0.163. The number of halogens is 1. The second kappa shape index (κ2) is 8.22. The lowest BCUT2D eigenvalue weighted by molar-refractivity contribution is -0.160. The molecular formula is C25H20ClN3O3. The van der Waals surface area contributed by atoms with Crippen molar-refractivity contribution in [3.05, 3.63) is 88.5 Å². The van der Waals surface area contributed by atoms with Crippen LogP contribution in [0.5, 0.6) is 0 Å². The number of hydroxylamine groups is 2. The number of nitrogens with one attached hydrogen (secondary N) is 1. The number of aliphatic imine (C=N–C) groups is 1. The van der Waals surface area contributed by atoms with E-state index in [0.29, 0.717) is 45.5 Å². The Balaban J connectivity index is 1.58. The summed E-state index contributed by atoms with van der Waals surface area (Å²) in [5.74, 6) is -0.726. The summed E-state index contributed by atoms with van der Waals surface area (Å²) in [6, 6.07) is 18.7. The number of carbonyl (C=O) groups excluding carboxylic acids is 2. The maximum Gasteiger partial charge on any atom is 0.270 e. The number of anilines is 1. The van der Waals surface area contributed by atoms with Gasteiger partial charge in [0.25, 0.3) is 5.91 Å². The Hall–Kier alpha value is -3.48. The number of benzodiazepines with no additional fused rings is 1. The Morgan fingerprint density at radius 3 is 2.69 bits per heavy atom. The minimum Gasteiger partial charge on any atom is -0.324 e. The summed E-state index contributed by atoms with van der Waals surface area (Å²) in [4.78, 5) is 30.0. The lowest BCUT2D eigenvalue weighted by Crippen LogP contribution is -2.32. The molecule has 0 radical (unpaired) electrons. The quantitative estimate of drug-likeness (QED) is 0.586. The summed E-state index contributed by atoms with van der Waals surface area (Å²) in [7, 11) is 0. The molecule has 0 saturated heterocycles. The van der Waals surface area contributed by atoms with Gasteiger partial charge in [0, 0.05) is 23.1 Å². The van der Waals surface area contributed by atoms with Crippen molar-refractivity contribution in [3.8, 4) is 0 Å². The largest absolute Gasteiger partial charge is 0.324 e. The zero-order valence-corrected chi connectivity index (χ0v) is 17.8. The van der Waals surface area contributed by atoms with Crippen LogP contribution in [0.2, 0.25) is 5.02 Å². The van der Waals surface area contributed by atoms with Crippen molar-refractivity contribution in [1.29, 1.82) is 0 Å². The molecule has 2 aliphatic rings. The van der Waals surface area contributed by atoms with E-state index >= 15 is 0 Å². The summed E-state index contributed by atoms with van der Waals surface area (Å²) in [5.41, 5.74) is 3.47. The van der Waals surface area contributed by atoms with Gasteiger partial charge in [0.15, 0.2) is 0 Å². The van der Waals surface area contributed by atoms with Crippen molar-refractivity contribution in [2.24, 2.45) is 4.99 Å². The molecule has 160 valence electrons. The number of nitrogens with zero attached hydrogens (tertiary/aromatic N) is 2. The topological polar surface area (TPSA) is 82.0 Å². The Morgan fingerprint density at radius 2 is 1.88 bits per heavy atom. The molecule has 0 spiro atoms. The molecule has 0 saturated carbocycles. The van der Waals surface area contributed by atoms with Crippen LogP contribution in [0.15, 0.2) is 77.3 Å². The van der Waals surface area contributed by atoms with E-state index in [0.717, 1.165) is 16.3 Å². The standard InChI is InChI=1S/C25H20ClN3O3/c26-19-7-8-21-20(14-19)24(18-9-10-29(32)23(30)13-18)27-22(25(31)28-21)12-15-5-6-16-3-1-2-4-17(16)11-15/h1-8,11,13-14,22,32H,9-10,12H2,(H,28,31). The van der Waals surface area contributed by atoms with Crippen LogP contribution in [-0.2, 0) is 16.0 Å². The van der Waals surface area contributed by atoms with Crippen molar-refractivity contribution >= 4 is 45.6 Å². The zero-order valence-electron chi connectivity index (χ0n) is 17.1. The van der Waals surface area contributed by atoms with E-state index in [9.17, 15) is 14.8 Å². The molecule has 2 heterocycles. The Kier molecular flexibility index (Phi) is 5.25. The monoisotopic (exact) mass is 445 g/mol. The van der Waals surface area contributed by atoms with Gasteiger partial charge in [-0.15, -0.1) is 0 Å². The molecule has 0 aromatic heterocycles. The van der Waals surface area contributed by atoms with Gasteiger partial charge < -0.3 is 5.32 Å².